The van der Waals surface area contributed by atoms with Crippen LogP contribution in [0, 0.1) is 6.92 Å². The van der Waals surface area contributed by atoms with Gasteiger partial charge in [0.2, 0.25) is 5.06 Å². The molecule has 8 heteroatoms. The van der Waals surface area contributed by atoms with E-state index in [4.69, 9.17) is 16.2 Å². The van der Waals surface area contributed by atoms with E-state index >= 15 is 0 Å². The number of carbonyl (C=O) groups is 1. The number of aryl methyl sites for hydroxylation is 1. The Hall–Kier alpha value is -2.74. The molecule has 3 rings (SSSR count). The minimum atomic E-state index is -0.909. The summed E-state index contributed by atoms with van der Waals surface area (Å²) >= 11 is 1.16. The summed E-state index contributed by atoms with van der Waals surface area (Å²) in [5.74, 6) is 0.564. The van der Waals surface area contributed by atoms with Crippen LogP contribution in [0.2, 0.25) is 0 Å². The highest BCUT2D eigenvalue weighted by Crippen LogP contribution is 2.40. The molecule has 0 saturated carbocycles. The highest BCUT2D eigenvalue weighted by molar-refractivity contribution is 7.21. The lowest BCUT2D eigenvalue weighted by atomic mass is 10.2. The van der Waals surface area contributed by atoms with Crippen LogP contribution < -0.4 is 16.2 Å². The zero-order chi connectivity index (χ0) is 15.0. The number of primary amides is 1. The number of fused-ring (bicyclic) bond motifs is 1. The normalized spacial score (nSPS) is 10.7. The van der Waals surface area contributed by atoms with Crippen molar-refractivity contribution in [3.8, 4) is 16.5 Å². The van der Waals surface area contributed by atoms with Crippen molar-refractivity contribution in [3.63, 3.8) is 0 Å². The van der Waals surface area contributed by atoms with Gasteiger partial charge < -0.3 is 16.2 Å². The predicted octanol–water partition coefficient (Wildman–Crippen LogP) is 2.10. The van der Waals surface area contributed by atoms with Crippen molar-refractivity contribution in [2.24, 2.45) is 5.73 Å². The van der Waals surface area contributed by atoms with E-state index in [0.29, 0.717) is 27.4 Å². The molecule has 3 aromatic heterocycles. The van der Waals surface area contributed by atoms with E-state index in [1.54, 1.807) is 12.4 Å². The first-order chi connectivity index (χ1) is 10.1. The molecule has 0 aliphatic rings. The first kappa shape index (κ1) is 13.3. The number of nitrogens with zero attached hydrogens (tertiary/aromatic N) is 3. The highest BCUT2D eigenvalue weighted by atomic mass is 32.1. The molecule has 0 bridgehead atoms. The number of pyridine rings is 1. The van der Waals surface area contributed by atoms with E-state index in [0.717, 1.165) is 16.9 Å². The van der Waals surface area contributed by atoms with Crippen LogP contribution in [0.25, 0.3) is 21.6 Å². The average molecular weight is 301 g/mol. The highest BCUT2D eigenvalue weighted by Gasteiger charge is 2.18. The van der Waals surface area contributed by atoms with Crippen LogP contribution in [0.4, 0.5) is 10.5 Å². The molecular formula is C13H11N5O2S. The first-order valence-corrected chi connectivity index (χ1v) is 6.82. The van der Waals surface area contributed by atoms with Crippen molar-refractivity contribution in [1.82, 2.24) is 15.0 Å². The third-order valence-electron chi connectivity index (χ3n) is 2.87. The van der Waals surface area contributed by atoms with E-state index in [2.05, 4.69) is 15.0 Å². The molecule has 0 atom stereocenters. The van der Waals surface area contributed by atoms with Gasteiger partial charge in [0.1, 0.15) is 4.83 Å². The molecule has 0 fully saturated rings. The Kier molecular flexibility index (Phi) is 3.15. The van der Waals surface area contributed by atoms with Gasteiger partial charge in [-0.3, -0.25) is 4.98 Å². The number of nitrogens with two attached hydrogens (primary N) is 2. The molecule has 21 heavy (non-hydrogen) atoms. The molecule has 0 spiro atoms. The quantitative estimate of drug-likeness (QED) is 0.748. The lowest BCUT2D eigenvalue weighted by molar-refractivity contribution is 0.212. The third-order valence-corrected chi connectivity index (χ3v) is 3.84. The molecule has 0 saturated heterocycles. The minimum absolute atomic E-state index is 0.238. The minimum Gasteiger partial charge on any atom is -0.397 e. The van der Waals surface area contributed by atoms with Gasteiger partial charge in [0.25, 0.3) is 0 Å². The van der Waals surface area contributed by atoms with E-state index in [1.165, 1.54) is 0 Å². The maximum absolute atomic E-state index is 10.9. The first-order valence-electron chi connectivity index (χ1n) is 6.00. The number of aromatic nitrogens is 3. The van der Waals surface area contributed by atoms with Gasteiger partial charge in [0, 0.05) is 18.0 Å². The summed E-state index contributed by atoms with van der Waals surface area (Å²) < 4.78 is 4.89. The van der Waals surface area contributed by atoms with Crippen LogP contribution in [0.5, 0.6) is 5.06 Å². The molecule has 0 aromatic carbocycles. The maximum atomic E-state index is 10.9. The monoisotopic (exact) mass is 301 g/mol. The van der Waals surface area contributed by atoms with Crippen LogP contribution in [-0.2, 0) is 0 Å². The predicted molar refractivity (Wildman–Crippen MR) is 80.0 cm³/mol. The molecule has 0 radical (unpaired) electrons. The summed E-state index contributed by atoms with van der Waals surface area (Å²) in [6, 6.07) is 3.64. The second-order valence-electron chi connectivity index (χ2n) is 4.27. The number of hydrogen-bond donors (Lipinski definition) is 2. The van der Waals surface area contributed by atoms with Gasteiger partial charge in [-0.1, -0.05) is 11.3 Å². The summed E-state index contributed by atoms with van der Waals surface area (Å²) in [5.41, 5.74) is 12.9. The maximum Gasteiger partial charge on any atom is 0.410 e. The van der Waals surface area contributed by atoms with E-state index in [9.17, 15) is 4.79 Å². The Balaban J connectivity index is 2.18. The second kappa shape index (κ2) is 4.98. The molecule has 4 N–H and O–H groups in total. The number of hydrogen-bond acceptors (Lipinski definition) is 7. The molecule has 106 valence electrons. The molecule has 0 aliphatic heterocycles. The molecule has 3 heterocycles. The van der Waals surface area contributed by atoms with Crippen molar-refractivity contribution in [2.75, 3.05) is 5.73 Å². The van der Waals surface area contributed by atoms with Crippen molar-refractivity contribution in [1.29, 1.82) is 0 Å². The van der Waals surface area contributed by atoms with Crippen molar-refractivity contribution >= 4 is 33.3 Å². The van der Waals surface area contributed by atoms with Crippen molar-refractivity contribution in [2.45, 2.75) is 6.92 Å². The number of ether oxygens (including phenoxy) is 1. The summed E-state index contributed by atoms with van der Waals surface area (Å²) in [6.07, 6.45) is 2.43. The molecular weight excluding hydrogens is 290 g/mol. The zero-order valence-corrected chi connectivity index (χ0v) is 11.8. The van der Waals surface area contributed by atoms with Gasteiger partial charge in [-0.2, -0.15) is 0 Å². The Morgan fingerprint density at radius 3 is 2.67 bits per heavy atom. The molecule has 3 aromatic rings. The van der Waals surface area contributed by atoms with Gasteiger partial charge in [-0.15, -0.1) is 0 Å². The third kappa shape index (κ3) is 2.36. The zero-order valence-electron chi connectivity index (χ0n) is 11.0. The number of anilines is 1. The lowest BCUT2D eigenvalue weighted by Crippen LogP contribution is -2.16. The van der Waals surface area contributed by atoms with Gasteiger partial charge in [-0.25, -0.2) is 14.8 Å². The van der Waals surface area contributed by atoms with Gasteiger partial charge in [0.15, 0.2) is 5.82 Å². The topological polar surface area (TPSA) is 117 Å². The summed E-state index contributed by atoms with van der Waals surface area (Å²) in [6.45, 7) is 1.83. The standard InChI is InChI=1S/C13H11N5O2S/c1-6-8-9(14)12(20-13(15)19)21-11(8)18-10(17-6)7-2-4-16-5-3-7/h2-5H,14H2,1H3,(H2,15,19). The van der Waals surface area contributed by atoms with Gasteiger partial charge >= 0.3 is 6.09 Å². The smallest absolute Gasteiger partial charge is 0.397 e. The molecule has 0 unspecified atom stereocenters. The average Bonchev–Trinajstić information content (AvgIpc) is 2.76. The number of nitrogen functional groups attached to an aromatic ring is 1. The van der Waals surface area contributed by atoms with E-state index in [1.807, 2.05) is 19.1 Å². The van der Waals surface area contributed by atoms with Crippen LogP contribution in [0.1, 0.15) is 5.69 Å². The molecule has 7 nitrogen and oxygen atoms in total. The number of thiophene rings is 1. The Morgan fingerprint density at radius 1 is 1.29 bits per heavy atom. The molecule has 1 amide bonds. The van der Waals surface area contributed by atoms with Crippen LogP contribution in [0.15, 0.2) is 24.5 Å². The van der Waals surface area contributed by atoms with Crippen molar-refractivity contribution < 1.29 is 9.53 Å². The lowest BCUT2D eigenvalue weighted by Gasteiger charge is -2.02. The molecule has 0 aliphatic carbocycles. The Bertz CT molecular complexity index is 831. The second-order valence-corrected chi connectivity index (χ2v) is 5.23. The SMILES string of the molecule is Cc1nc(-c2ccncc2)nc2sc(OC(N)=O)c(N)c12. The largest absolute Gasteiger partial charge is 0.410 e. The number of amides is 1. The fraction of sp³-hybridized carbons (Fsp3) is 0.0769. The number of carbonyl (C=O) groups excluding carboxylic acids is 1. The number of rotatable bonds is 2. The fourth-order valence-electron chi connectivity index (χ4n) is 1.97. The van der Waals surface area contributed by atoms with E-state index < -0.39 is 6.09 Å². The Labute approximate surface area is 123 Å². The Morgan fingerprint density at radius 2 is 2.00 bits per heavy atom. The summed E-state index contributed by atoms with van der Waals surface area (Å²) in [7, 11) is 0. The fourth-order valence-corrected chi connectivity index (χ4v) is 2.98. The van der Waals surface area contributed by atoms with Crippen LogP contribution >= 0.6 is 11.3 Å². The van der Waals surface area contributed by atoms with Gasteiger partial charge in [-0.05, 0) is 19.1 Å². The van der Waals surface area contributed by atoms with E-state index in [-0.39, 0.29) is 5.06 Å². The van der Waals surface area contributed by atoms with Crippen molar-refractivity contribution in [3.05, 3.63) is 30.2 Å². The summed E-state index contributed by atoms with van der Waals surface area (Å²) in [5, 5.41) is 0.913. The summed E-state index contributed by atoms with van der Waals surface area (Å²) in [4.78, 5) is 24.4. The van der Waals surface area contributed by atoms with Crippen LogP contribution in [-0.4, -0.2) is 21.0 Å². The van der Waals surface area contributed by atoms with Crippen LogP contribution in [0.3, 0.4) is 0 Å². The van der Waals surface area contributed by atoms with Gasteiger partial charge in [0.05, 0.1) is 16.8 Å².